The lowest BCUT2D eigenvalue weighted by molar-refractivity contribution is -0.159. The molecule has 3 heterocycles. The number of hydrogen-bond acceptors (Lipinski definition) is 7. The first-order valence-electron chi connectivity index (χ1n) is 13.0. The lowest BCUT2D eigenvalue weighted by atomic mass is 9.98. The van der Waals surface area contributed by atoms with Crippen molar-refractivity contribution in [3.63, 3.8) is 0 Å². The standard InChI is InChI=1S/C28H31N5O6/c1-15-16-9-10-19(18(16)8-7-17(15)26(36)37)31-24(34)22-14-20(30-23-11-12-29-33(22)23)25(35)32-13-5-6-21(32)27(38)39-28(2,3)4/h7-8,11-12,14,19,21H,5-6,9-10,13H2,1-4H3,(H,31,34)(H,36,37)/t19-,21-/m0/s1. The van der Waals surface area contributed by atoms with E-state index in [0.717, 1.165) is 11.1 Å². The molecule has 11 heteroatoms. The number of carbonyl (C=O) groups is 4. The van der Waals surface area contributed by atoms with Gasteiger partial charge in [-0.3, -0.25) is 9.59 Å². The Kier molecular flexibility index (Phi) is 6.61. The van der Waals surface area contributed by atoms with Crippen molar-refractivity contribution >= 4 is 29.4 Å². The largest absolute Gasteiger partial charge is 0.478 e. The third-order valence-corrected chi connectivity index (χ3v) is 7.23. The number of carbonyl (C=O) groups excluding carboxylic acids is 3. The minimum atomic E-state index is -0.982. The normalized spacial score (nSPS) is 18.7. The van der Waals surface area contributed by atoms with Gasteiger partial charge in [0, 0.05) is 18.7 Å². The fraction of sp³-hybridized carbons (Fsp3) is 0.429. The molecular formula is C28H31N5O6. The first kappa shape index (κ1) is 26.3. The molecule has 39 heavy (non-hydrogen) atoms. The van der Waals surface area contributed by atoms with Crippen LogP contribution in [0.15, 0.2) is 30.5 Å². The Balaban J connectivity index is 1.42. The summed E-state index contributed by atoms with van der Waals surface area (Å²) in [5, 5.41) is 16.7. The fourth-order valence-electron chi connectivity index (χ4n) is 5.45. The molecule has 0 bridgehead atoms. The minimum Gasteiger partial charge on any atom is -0.478 e. The zero-order valence-corrected chi connectivity index (χ0v) is 22.4. The second-order valence-corrected chi connectivity index (χ2v) is 11.0. The monoisotopic (exact) mass is 533 g/mol. The Labute approximate surface area is 225 Å². The highest BCUT2D eigenvalue weighted by Gasteiger charge is 2.38. The summed E-state index contributed by atoms with van der Waals surface area (Å²) in [5.41, 5.74) is 2.58. The number of carboxylic acid groups (broad SMARTS) is 1. The summed E-state index contributed by atoms with van der Waals surface area (Å²) in [7, 11) is 0. The van der Waals surface area contributed by atoms with E-state index >= 15 is 0 Å². The van der Waals surface area contributed by atoms with Crippen molar-refractivity contribution < 1.29 is 29.0 Å². The van der Waals surface area contributed by atoms with Crippen LogP contribution >= 0.6 is 0 Å². The van der Waals surface area contributed by atoms with E-state index in [0.29, 0.717) is 43.4 Å². The highest BCUT2D eigenvalue weighted by molar-refractivity contribution is 6.00. The molecule has 0 unspecified atom stereocenters. The lowest BCUT2D eigenvalue weighted by Crippen LogP contribution is -2.44. The number of nitrogens with one attached hydrogen (secondary N) is 1. The molecule has 2 amide bonds. The lowest BCUT2D eigenvalue weighted by Gasteiger charge is -2.27. The first-order valence-corrected chi connectivity index (χ1v) is 13.0. The number of carboxylic acids is 1. The molecule has 1 aromatic carbocycles. The zero-order valence-electron chi connectivity index (χ0n) is 22.4. The molecule has 0 saturated carbocycles. The highest BCUT2D eigenvalue weighted by Crippen LogP contribution is 2.35. The predicted octanol–water partition coefficient (Wildman–Crippen LogP) is 3.10. The summed E-state index contributed by atoms with van der Waals surface area (Å²) < 4.78 is 6.90. The van der Waals surface area contributed by atoms with Crippen molar-refractivity contribution in [2.24, 2.45) is 0 Å². The highest BCUT2D eigenvalue weighted by atomic mass is 16.6. The zero-order chi connectivity index (χ0) is 28.1. The SMILES string of the molecule is Cc1c(C(=O)O)ccc2c1CC[C@@H]2NC(=O)c1cc(C(=O)N2CCC[C@H]2C(=O)OC(C)(C)C)nc2ccnn12. The van der Waals surface area contributed by atoms with Gasteiger partial charge in [-0.05, 0) is 76.1 Å². The van der Waals surface area contributed by atoms with Gasteiger partial charge in [-0.1, -0.05) is 6.07 Å². The van der Waals surface area contributed by atoms with Crippen molar-refractivity contribution in [3.8, 4) is 0 Å². The molecule has 11 nitrogen and oxygen atoms in total. The van der Waals surface area contributed by atoms with E-state index in [9.17, 15) is 24.3 Å². The number of rotatable bonds is 5. The first-order chi connectivity index (χ1) is 18.4. The van der Waals surface area contributed by atoms with Gasteiger partial charge in [0.1, 0.15) is 23.0 Å². The van der Waals surface area contributed by atoms with E-state index in [4.69, 9.17) is 4.74 Å². The molecule has 204 valence electrons. The van der Waals surface area contributed by atoms with Crippen LogP contribution in [-0.4, -0.2) is 66.5 Å². The van der Waals surface area contributed by atoms with Gasteiger partial charge in [0.05, 0.1) is 17.8 Å². The van der Waals surface area contributed by atoms with Crippen LogP contribution in [0, 0.1) is 6.92 Å². The van der Waals surface area contributed by atoms with Crippen molar-refractivity contribution in [2.75, 3.05) is 6.54 Å². The smallest absolute Gasteiger partial charge is 0.335 e. The van der Waals surface area contributed by atoms with Crippen LogP contribution < -0.4 is 5.32 Å². The summed E-state index contributed by atoms with van der Waals surface area (Å²) in [6.07, 6.45) is 3.91. The van der Waals surface area contributed by atoms with Gasteiger partial charge in [0.2, 0.25) is 0 Å². The summed E-state index contributed by atoms with van der Waals surface area (Å²) in [5.74, 6) is -2.34. The molecule has 1 aliphatic carbocycles. The Morgan fingerprint density at radius 3 is 2.62 bits per heavy atom. The molecule has 1 aliphatic heterocycles. The van der Waals surface area contributed by atoms with E-state index in [1.807, 2.05) is 0 Å². The second-order valence-electron chi connectivity index (χ2n) is 11.0. The van der Waals surface area contributed by atoms with Gasteiger partial charge < -0.3 is 20.1 Å². The Morgan fingerprint density at radius 2 is 1.90 bits per heavy atom. The van der Waals surface area contributed by atoms with Crippen molar-refractivity contribution in [1.82, 2.24) is 24.8 Å². The molecule has 2 atom stereocenters. The molecule has 5 rings (SSSR count). The molecule has 3 aromatic rings. The number of benzene rings is 1. The number of likely N-dealkylation sites (tertiary alicyclic amines) is 1. The van der Waals surface area contributed by atoms with Crippen LogP contribution in [0.5, 0.6) is 0 Å². The van der Waals surface area contributed by atoms with Gasteiger partial charge >= 0.3 is 11.9 Å². The topological polar surface area (TPSA) is 143 Å². The van der Waals surface area contributed by atoms with Crippen LogP contribution in [0.3, 0.4) is 0 Å². The van der Waals surface area contributed by atoms with Crippen LogP contribution in [0.1, 0.15) is 94.1 Å². The number of esters is 1. The van der Waals surface area contributed by atoms with E-state index in [1.165, 1.54) is 21.7 Å². The average Bonchev–Trinajstić information content (AvgIpc) is 3.61. The predicted molar refractivity (Wildman–Crippen MR) is 140 cm³/mol. The van der Waals surface area contributed by atoms with Crippen LogP contribution in [-0.2, 0) is 16.0 Å². The third-order valence-electron chi connectivity index (χ3n) is 7.23. The number of aromatic carboxylic acids is 1. The maximum atomic E-state index is 13.5. The maximum absolute atomic E-state index is 13.5. The van der Waals surface area contributed by atoms with E-state index in [2.05, 4.69) is 15.4 Å². The quantitative estimate of drug-likeness (QED) is 0.476. The number of ether oxygens (including phenoxy) is 1. The molecule has 0 radical (unpaired) electrons. The van der Waals surface area contributed by atoms with Crippen molar-refractivity contribution in [1.29, 1.82) is 0 Å². The van der Waals surface area contributed by atoms with Gasteiger partial charge in [0.25, 0.3) is 11.8 Å². The van der Waals surface area contributed by atoms with Crippen molar-refractivity contribution in [2.45, 2.75) is 71.1 Å². The Hall–Kier alpha value is -4.28. The summed E-state index contributed by atoms with van der Waals surface area (Å²) in [6.45, 7) is 7.50. The molecule has 1 saturated heterocycles. The number of amides is 2. The minimum absolute atomic E-state index is 0.0392. The summed E-state index contributed by atoms with van der Waals surface area (Å²) in [4.78, 5) is 57.2. The van der Waals surface area contributed by atoms with E-state index < -0.39 is 35.4 Å². The Bertz CT molecular complexity index is 1500. The van der Waals surface area contributed by atoms with Gasteiger partial charge in [-0.15, -0.1) is 0 Å². The number of fused-ring (bicyclic) bond motifs is 2. The van der Waals surface area contributed by atoms with Gasteiger partial charge in [-0.25, -0.2) is 19.1 Å². The number of aromatic nitrogens is 3. The van der Waals surface area contributed by atoms with Crippen molar-refractivity contribution in [3.05, 3.63) is 64.1 Å². The molecule has 2 N–H and O–H groups in total. The van der Waals surface area contributed by atoms with Crippen LogP contribution in [0.25, 0.3) is 5.65 Å². The molecule has 2 aliphatic rings. The van der Waals surface area contributed by atoms with Gasteiger partial charge in [-0.2, -0.15) is 5.10 Å². The molecular weight excluding hydrogens is 502 g/mol. The van der Waals surface area contributed by atoms with E-state index in [1.54, 1.807) is 45.9 Å². The van der Waals surface area contributed by atoms with E-state index in [-0.39, 0.29) is 23.0 Å². The average molecular weight is 534 g/mol. The third kappa shape index (κ3) is 4.96. The summed E-state index contributed by atoms with van der Waals surface area (Å²) >= 11 is 0. The molecule has 0 spiro atoms. The van der Waals surface area contributed by atoms with Crippen LogP contribution in [0.2, 0.25) is 0 Å². The maximum Gasteiger partial charge on any atom is 0.335 e. The summed E-state index contributed by atoms with van der Waals surface area (Å²) in [6, 6.07) is 5.28. The fourth-order valence-corrected chi connectivity index (χ4v) is 5.45. The molecule has 1 fully saturated rings. The Morgan fingerprint density at radius 1 is 1.13 bits per heavy atom. The molecule has 2 aromatic heterocycles. The van der Waals surface area contributed by atoms with Crippen LogP contribution in [0.4, 0.5) is 0 Å². The number of hydrogen-bond donors (Lipinski definition) is 2. The van der Waals surface area contributed by atoms with Gasteiger partial charge in [0.15, 0.2) is 5.65 Å². The number of nitrogens with zero attached hydrogens (tertiary/aromatic N) is 4. The second kappa shape index (κ2) is 9.79.